The lowest BCUT2D eigenvalue weighted by Gasteiger charge is -2.29. The number of allylic oxidation sites excluding steroid dienone is 2. The third-order valence-electron chi connectivity index (χ3n) is 5.94. The minimum absolute atomic E-state index is 0.127. The number of rotatable bonds is 1. The summed E-state index contributed by atoms with van der Waals surface area (Å²) in [4.78, 5) is 26.4. The van der Waals surface area contributed by atoms with E-state index in [1.54, 1.807) is 9.36 Å². The molecule has 24 heavy (non-hydrogen) atoms. The predicted octanol–water partition coefficient (Wildman–Crippen LogP) is 2.45. The Balaban J connectivity index is 1.83. The molecule has 2 fully saturated rings. The number of benzene rings is 1. The molecule has 0 amide bonds. The summed E-state index contributed by atoms with van der Waals surface area (Å²) in [5.74, 6) is 1.08. The molecule has 1 aromatic heterocycles. The van der Waals surface area contributed by atoms with E-state index in [-0.39, 0.29) is 17.4 Å². The lowest BCUT2D eigenvalue weighted by Crippen LogP contribution is -2.41. The van der Waals surface area contributed by atoms with E-state index in [1.807, 2.05) is 44.2 Å². The summed E-state index contributed by atoms with van der Waals surface area (Å²) >= 11 is 0. The van der Waals surface area contributed by atoms with Gasteiger partial charge in [0.2, 0.25) is 0 Å². The van der Waals surface area contributed by atoms with E-state index in [2.05, 4.69) is 6.08 Å². The second kappa shape index (κ2) is 4.41. The van der Waals surface area contributed by atoms with Crippen LogP contribution >= 0.6 is 0 Å². The van der Waals surface area contributed by atoms with E-state index in [0.29, 0.717) is 17.5 Å². The zero-order valence-corrected chi connectivity index (χ0v) is 14.0. The molecule has 3 atom stereocenters. The number of aromatic nitrogens is 3. The molecular formula is C19H21N3O2. The van der Waals surface area contributed by atoms with Gasteiger partial charge in [-0.15, -0.1) is 0 Å². The van der Waals surface area contributed by atoms with Crippen molar-refractivity contribution >= 4 is 0 Å². The Hall–Kier alpha value is -2.30. The van der Waals surface area contributed by atoms with Crippen molar-refractivity contribution in [3.05, 3.63) is 62.9 Å². The van der Waals surface area contributed by atoms with Gasteiger partial charge in [0.25, 0.3) is 0 Å². The van der Waals surface area contributed by atoms with Crippen LogP contribution in [0.3, 0.4) is 0 Å². The first-order chi connectivity index (χ1) is 11.5. The van der Waals surface area contributed by atoms with Crippen molar-refractivity contribution in [2.45, 2.75) is 44.7 Å². The standard InChI is InChI=1S/C19H21N3O2/c1-19(2)11-14-13-9-6-10-15(16(13)14)21-17(23)20(18(24)22(19)21)12-7-4-3-5-8-12/h3-5,7-8,11,13,15-16H,6,9-10H2,1-2H3/t13-,15-,16-/m1/s1. The van der Waals surface area contributed by atoms with Gasteiger partial charge in [-0.2, -0.15) is 0 Å². The highest BCUT2D eigenvalue weighted by atomic mass is 16.2. The smallest absolute Gasteiger partial charge is 0.245 e. The number of fused-ring (bicyclic) bond motifs is 3. The van der Waals surface area contributed by atoms with Gasteiger partial charge in [-0.25, -0.2) is 23.5 Å². The van der Waals surface area contributed by atoms with Gasteiger partial charge in [0.15, 0.2) is 0 Å². The molecule has 0 N–H and O–H groups in total. The first-order valence-electron chi connectivity index (χ1n) is 8.76. The van der Waals surface area contributed by atoms with Crippen LogP contribution in [0.4, 0.5) is 0 Å². The topological polar surface area (TPSA) is 48.9 Å². The molecule has 5 nitrogen and oxygen atoms in total. The molecule has 5 rings (SSSR count). The fraction of sp³-hybridized carbons (Fsp3) is 0.474. The Bertz CT molecular complexity index is 974. The molecule has 3 aliphatic rings. The van der Waals surface area contributed by atoms with Crippen LogP contribution < -0.4 is 11.4 Å². The molecule has 1 aliphatic heterocycles. The zero-order valence-electron chi connectivity index (χ0n) is 14.0. The molecule has 2 aromatic rings. The first-order valence-corrected chi connectivity index (χ1v) is 8.76. The van der Waals surface area contributed by atoms with Crippen LogP contribution in [-0.2, 0) is 5.54 Å². The van der Waals surface area contributed by atoms with Crippen molar-refractivity contribution in [3.8, 4) is 5.69 Å². The lowest BCUT2D eigenvalue weighted by molar-refractivity contribution is 0.227. The molecule has 2 saturated carbocycles. The van der Waals surface area contributed by atoms with Crippen molar-refractivity contribution in [2.75, 3.05) is 0 Å². The Morgan fingerprint density at radius 1 is 1.04 bits per heavy atom. The van der Waals surface area contributed by atoms with Gasteiger partial charge in [0, 0.05) is 5.92 Å². The van der Waals surface area contributed by atoms with E-state index in [1.165, 1.54) is 16.6 Å². The van der Waals surface area contributed by atoms with E-state index in [4.69, 9.17) is 0 Å². The van der Waals surface area contributed by atoms with Crippen LogP contribution in [0.2, 0.25) is 0 Å². The average molecular weight is 323 g/mol. The second-order valence-electron chi connectivity index (χ2n) is 7.82. The molecule has 1 aromatic carbocycles. The van der Waals surface area contributed by atoms with Crippen LogP contribution in [0, 0.1) is 11.8 Å². The molecule has 124 valence electrons. The van der Waals surface area contributed by atoms with Gasteiger partial charge >= 0.3 is 11.4 Å². The summed E-state index contributed by atoms with van der Waals surface area (Å²) in [6.07, 6.45) is 5.56. The van der Waals surface area contributed by atoms with Gasteiger partial charge in [-0.1, -0.05) is 36.3 Å². The summed E-state index contributed by atoms with van der Waals surface area (Å²) in [5.41, 5.74) is 1.18. The summed E-state index contributed by atoms with van der Waals surface area (Å²) in [5, 5.41) is 0. The van der Waals surface area contributed by atoms with Crippen molar-refractivity contribution < 1.29 is 0 Å². The highest BCUT2D eigenvalue weighted by Gasteiger charge is 2.55. The van der Waals surface area contributed by atoms with Crippen molar-refractivity contribution in [1.29, 1.82) is 0 Å². The third-order valence-corrected chi connectivity index (χ3v) is 5.94. The fourth-order valence-corrected chi connectivity index (χ4v) is 4.94. The second-order valence-corrected chi connectivity index (χ2v) is 7.82. The van der Waals surface area contributed by atoms with Gasteiger partial charge in [0.05, 0.1) is 17.3 Å². The van der Waals surface area contributed by atoms with E-state index in [0.717, 1.165) is 12.8 Å². The maximum Gasteiger partial charge on any atom is 0.352 e. The third kappa shape index (κ3) is 1.65. The maximum atomic E-state index is 13.2. The summed E-state index contributed by atoms with van der Waals surface area (Å²) in [6.45, 7) is 4.06. The molecule has 0 radical (unpaired) electrons. The van der Waals surface area contributed by atoms with E-state index >= 15 is 0 Å². The Morgan fingerprint density at radius 2 is 1.79 bits per heavy atom. The van der Waals surface area contributed by atoms with Gasteiger partial charge < -0.3 is 0 Å². The SMILES string of the molecule is CC1(C)C=C2[C@H]3[C@@H]2CCC[C@H]3n2c(=O)n(-c3ccccc3)c(=O)n21. The number of hydrogen-bond donors (Lipinski definition) is 0. The molecule has 0 saturated heterocycles. The Labute approximate surface area is 139 Å². The van der Waals surface area contributed by atoms with E-state index < -0.39 is 5.54 Å². The molecule has 2 heterocycles. The minimum Gasteiger partial charge on any atom is -0.245 e. The normalized spacial score (nSPS) is 29.2. The molecule has 0 bridgehead atoms. The number of nitrogens with zero attached hydrogens (tertiary/aromatic N) is 3. The maximum absolute atomic E-state index is 13.2. The lowest BCUT2D eigenvalue weighted by atomic mass is 9.95. The first kappa shape index (κ1) is 14.1. The van der Waals surface area contributed by atoms with Crippen LogP contribution in [0.1, 0.15) is 39.2 Å². The van der Waals surface area contributed by atoms with Crippen LogP contribution in [0.15, 0.2) is 51.6 Å². The molecule has 0 spiro atoms. The highest BCUT2D eigenvalue weighted by Crippen LogP contribution is 2.61. The minimum atomic E-state index is -0.481. The predicted molar refractivity (Wildman–Crippen MR) is 91.6 cm³/mol. The van der Waals surface area contributed by atoms with Crippen LogP contribution in [0.5, 0.6) is 0 Å². The Morgan fingerprint density at radius 3 is 2.54 bits per heavy atom. The highest BCUT2D eigenvalue weighted by molar-refractivity contribution is 5.37. The van der Waals surface area contributed by atoms with Crippen LogP contribution in [-0.4, -0.2) is 13.9 Å². The van der Waals surface area contributed by atoms with Gasteiger partial charge in [-0.3, -0.25) is 0 Å². The zero-order chi connectivity index (χ0) is 16.6. The molecule has 2 aliphatic carbocycles. The molecule has 0 unspecified atom stereocenters. The van der Waals surface area contributed by atoms with Crippen molar-refractivity contribution in [2.24, 2.45) is 11.8 Å². The number of hydrogen-bond acceptors (Lipinski definition) is 2. The Kier molecular flexibility index (Phi) is 2.58. The van der Waals surface area contributed by atoms with Gasteiger partial charge in [-0.05, 0) is 44.7 Å². The van der Waals surface area contributed by atoms with E-state index in [9.17, 15) is 9.59 Å². The quantitative estimate of drug-likeness (QED) is 0.757. The van der Waals surface area contributed by atoms with Crippen molar-refractivity contribution in [1.82, 2.24) is 13.9 Å². The number of para-hydroxylation sites is 1. The van der Waals surface area contributed by atoms with Crippen molar-refractivity contribution in [3.63, 3.8) is 0 Å². The molecular weight excluding hydrogens is 302 g/mol. The van der Waals surface area contributed by atoms with Crippen LogP contribution in [0.25, 0.3) is 5.69 Å². The summed E-state index contributed by atoms with van der Waals surface area (Å²) in [7, 11) is 0. The molecule has 5 heteroatoms. The van der Waals surface area contributed by atoms with Gasteiger partial charge in [0.1, 0.15) is 0 Å². The largest absolute Gasteiger partial charge is 0.352 e. The monoisotopic (exact) mass is 323 g/mol. The summed E-state index contributed by atoms with van der Waals surface area (Å²) in [6, 6.07) is 9.37. The average Bonchev–Trinajstić information content (AvgIpc) is 3.19. The summed E-state index contributed by atoms with van der Waals surface area (Å²) < 4.78 is 4.78. The fourth-order valence-electron chi connectivity index (χ4n) is 4.94.